The molecule has 3 N–H and O–H groups in total. The Labute approximate surface area is 185 Å². The Hall–Kier alpha value is -3.30. The van der Waals surface area contributed by atoms with Gasteiger partial charge in [-0.15, -0.1) is 0 Å². The van der Waals surface area contributed by atoms with Gasteiger partial charge in [-0.3, -0.25) is 10.1 Å². The number of aryl methyl sites for hydroxylation is 1. The Kier molecular flexibility index (Phi) is 7.32. The van der Waals surface area contributed by atoms with Gasteiger partial charge in [0.2, 0.25) is 0 Å². The van der Waals surface area contributed by atoms with E-state index in [-0.39, 0.29) is 21.9 Å². The molecule has 0 aromatic carbocycles. The second-order valence-electron chi connectivity index (χ2n) is 7.48. The Balaban J connectivity index is 0.00000363. The summed E-state index contributed by atoms with van der Waals surface area (Å²) < 4.78 is 14.7. The zero-order valence-corrected chi connectivity index (χ0v) is 18.0. The lowest BCUT2D eigenvalue weighted by atomic mass is 9.91. The van der Waals surface area contributed by atoms with E-state index >= 15 is 0 Å². The Morgan fingerprint density at radius 2 is 2.00 bits per heavy atom. The number of amides is 3. The number of carbonyl (C=O) groups excluding carboxylic acids is 2. The molecular weight excluding hydrogens is 401 g/mol. The highest BCUT2D eigenvalue weighted by atomic mass is 19.1. The van der Waals surface area contributed by atoms with Crippen molar-refractivity contribution in [2.75, 3.05) is 36.9 Å². The number of aromatic nitrogens is 3. The van der Waals surface area contributed by atoms with Gasteiger partial charge in [-0.25, -0.2) is 24.1 Å². The summed E-state index contributed by atoms with van der Waals surface area (Å²) in [6, 6.07) is 3.16. The molecule has 0 spiro atoms. The van der Waals surface area contributed by atoms with Crippen LogP contribution >= 0.6 is 0 Å². The van der Waals surface area contributed by atoms with E-state index in [0.717, 1.165) is 37.3 Å². The summed E-state index contributed by atoms with van der Waals surface area (Å²) in [5.41, 5.74) is 2.53. The van der Waals surface area contributed by atoms with Crippen LogP contribution in [0.25, 0.3) is 0 Å². The first-order valence-corrected chi connectivity index (χ1v) is 10.4. The molecule has 2 aromatic rings. The largest absolute Gasteiger partial charge is 0.370 e. The molecule has 0 atom stereocenters. The molecule has 3 heterocycles. The predicted octanol–water partition coefficient (Wildman–Crippen LogP) is 3.02. The average Bonchev–Trinajstić information content (AvgIpc) is 2.76. The molecular formula is C21H34FN7O2. The van der Waals surface area contributed by atoms with Crippen molar-refractivity contribution in [3.05, 3.63) is 41.4 Å². The average molecular weight is 436 g/mol. The second-order valence-corrected chi connectivity index (χ2v) is 7.48. The van der Waals surface area contributed by atoms with Crippen LogP contribution in [-0.4, -0.2) is 53.6 Å². The van der Waals surface area contributed by atoms with E-state index in [1.165, 1.54) is 6.33 Å². The molecule has 0 aliphatic carbocycles. The van der Waals surface area contributed by atoms with Crippen LogP contribution in [0.15, 0.2) is 18.5 Å². The SMILES string of the molecule is CCNC(=O)Nc1ncnc(CC2CCN(c3ccc(C(=O)NC)nc3C)CC2)c1F.[HH].[HH].[HH]. The van der Waals surface area contributed by atoms with Gasteiger partial charge < -0.3 is 15.5 Å². The maximum atomic E-state index is 14.7. The monoisotopic (exact) mass is 435 g/mol. The first-order valence-electron chi connectivity index (χ1n) is 10.4. The molecule has 31 heavy (non-hydrogen) atoms. The smallest absolute Gasteiger partial charge is 0.320 e. The van der Waals surface area contributed by atoms with Crippen molar-refractivity contribution in [2.24, 2.45) is 5.92 Å². The summed E-state index contributed by atoms with van der Waals surface area (Å²) in [7, 11) is 1.58. The third kappa shape index (κ3) is 5.44. The second kappa shape index (κ2) is 10.1. The number of pyridine rings is 1. The van der Waals surface area contributed by atoms with Crippen molar-refractivity contribution in [1.82, 2.24) is 25.6 Å². The molecule has 10 heteroatoms. The molecule has 3 rings (SSSR count). The molecule has 0 radical (unpaired) electrons. The minimum Gasteiger partial charge on any atom is -0.370 e. The molecule has 1 aliphatic rings. The summed E-state index contributed by atoms with van der Waals surface area (Å²) in [6.45, 7) is 5.73. The number of hydrogen-bond donors (Lipinski definition) is 3. The molecule has 0 saturated carbocycles. The van der Waals surface area contributed by atoms with Gasteiger partial charge in [-0.05, 0) is 51.2 Å². The molecule has 3 amide bonds. The lowest BCUT2D eigenvalue weighted by molar-refractivity contribution is 0.0958. The molecule has 172 valence electrons. The number of nitrogens with one attached hydrogen (secondary N) is 3. The van der Waals surface area contributed by atoms with Gasteiger partial charge in [0.15, 0.2) is 11.6 Å². The van der Waals surface area contributed by atoms with Crippen molar-refractivity contribution in [2.45, 2.75) is 33.1 Å². The lowest BCUT2D eigenvalue weighted by Gasteiger charge is -2.34. The summed E-state index contributed by atoms with van der Waals surface area (Å²) in [4.78, 5) is 38.0. The van der Waals surface area contributed by atoms with Gasteiger partial charge >= 0.3 is 6.03 Å². The number of anilines is 2. The highest BCUT2D eigenvalue weighted by molar-refractivity contribution is 5.92. The first-order chi connectivity index (χ1) is 14.9. The number of rotatable bonds is 6. The van der Waals surface area contributed by atoms with E-state index in [0.29, 0.717) is 24.4 Å². The molecule has 2 aromatic heterocycles. The van der Waals surface area contributed by atoms with Crippen LogP contribution in [0.5, 0.6) is 0 Å². The van der Waals surface area contributed by atoms with Gasteiger partial charge in [-0.1, -0.05) is 0 Å². The van der Waals surface area contributed by atoms with Gasteiger partial charge in [0.25, 0.3) is 5.91 Å². The van der Waals surface area contributed by atoms with Crippen molar-refractivity contribution < 1.29 is 18.3 Å². The number of urea groups is 1. The number of nitrogens with zero attached hydrogens (tertiary/aromatic N) is 4. The van der Waals surface area contributed by atoms with Crippen molar-refractivity contribution >= 4 is 23.4 Å². The van der Waals surface area contributed by atoms with Gasteiger partial charge in [0.1, 0.15) is 12.0 Å². The van der Waals surface area contributed by atoms with Crippen LogP contribution in [-0.2, 0) is 6.42 Å². The summed E-state index contributed by atoms with van der Waals surface area (Å²) >= 11 is 0. The fraction of sp³-hybridized carbons (Fsp3) is 0.476. The molecule has 1 saturated heterocycles. The van der Waals surface area contributed by atoms with E-state index in [4.69, 9.17) is 0 Å². The molecule has 1 aliphatic heterocycles. The maximum absolute atomic E-state index is 14.7. The number of halogens is 1. The first kappa shape index (κ1) is 22.4. The van der Waals surface area contributed by atoms with Crippen LogP contribution in [0.1, 0.15) is 45.9 Å². The number of carbonyl (C=O) groups is 2. The normalized spacial score (nSPS) is 14.3. The summed E-state index contributed by atoms with van der Waals surface area (Å²) in [6.07, 6.45) is 3.51. The van der Waals surface area contributed by atoms with Gasteiger partial charge in [0.05, 0.1) is 17.1 Å². The minimum atomic E-state index is -0.582. The summed E-state index contributed by atoms with van der Waals surface area (Å²) in [5.74, 6) is -0.620. The fourth-order valence-electron chi connectivity index (χ4n) is 3.74. The highest BCUT2D eigenvalue weighted by Crippen LogP contribution is 2.28. The quantitative estimate of drug-likeness (QED) is 0.643. The Morgan fingerprint density at radius 3 is 2.65 bits per heavy atom. The predicted molar refractivity (Wildman–Crippen MR) is 122 cm³/mol. The standard InChI is InChI=1S/C21H28FN7O2.3H2/c1-4-24-21(31)28-19-18(22)16(25-12-26-19)11-14-7-9-29(10-8-14)17-6-5-15(20(30)23-3)27-13(17)2;;;/h5-6,12,14H,4,7-11H2,1-3H3,(H,23,30)(H2,24,25,26,28,31);3*1H. The van der Waals surface area contributed by atoms with Gasteiger partial charge in [0, 0.05) is 31.0 Å². The van der Waals surface area contributed by atoms with Crippen LogP contribution in [0.4, 0.5) is 20.7 Å². The molecule has 0 unspecified atom stereocenters. The van der Waals surface area contributed by atoms with E-state index < -0.39 is 11.8 Å². The molecule has 9 nitrogen and oxygen atoms in total. The van der Waals surface area contributed by atoms with E-state index in [2.05, 4.69) is 35.8 Å². The Morgan fingerprint density at radius 1 is 1.26 bits per heavy atom. The lowest BCUT2D eigenvalue weighted by Crippen LogP contribution is -2.35. The topological polar surface area (TPSA) is 112 Å². The third-order valence-corrected chi connectivity index (χ3v) is 5.39. The zero-order chi connectivity index (χ0) is 22.4. The zero-order valence-electron chi connectivity index (χ0n) is 18.0. The van der Waals surface area contributed by atoms with Gasteiger partial charge in [-0.2, -0.15) is 0 Å². The molecule has 1 fully saturated rings. The van der Waals surface area contributed by atoms with E-state index in [1.807, 2.05) is 13.0 Å². The van der Waals surface area contributed by atoms with Crippen LogP contribution < -0.4 is 20.9 Å². The fourth-order valence-corrected chi connectivity index (χ4v) is 3.74. The minimum absolute atomic E-state index is 0. The van der Waals surface area contributed by atoms with Crippen LogP contribution in [0.2, 0.25) is 0 Å². The molecule has 0 bridgehead atoms. The highest BCUT2D eigenvalue weighted by Gasteiger charge is 2.24. The van der Waals surface area contributed by atoms with E-state index in [1.54, 1.807) is 20.0 Å². The van der Waals surface area contributed by atoms with Crippen LogP contribution in [0, 0.1) is 18.7 Å². The Bertz CT molecular complexity index is 960. The van der Waals surface area contributed by atoms with Crippen molar-refractivity contribution in [3.8, 4) is 0 Å². The third-order valence-electron chi connectivity index (χ3n) is 5.39. The van der Waals surface area contributed by atoms with Crippen molar-refractivity contribution in [3.63, 3.8) is 0 Å². The maximum Gasteiger partial charge on any atom is 0.320 e. The van der Waals surface area contributed by atoms with E-state index in [9.17, 15) is 14.0 Å². The van der Waals surface area contributed by atoms with Crippen LogP contribution in [0.3, 0.4) is 0 Å². The number of hydrogen-bond acceptors (Lipinski definition) is 6. The summed E-state index contributed by atoms with van der Waals surface area (Å²) in [5, 5.41) is 7.55. The van der Waals surface area contributed by atoms with Crippen molar-refractivity contribution in [1.29, 1.82) is 0 Å². The number of piperidine rings is 1.